The van der Waals surface area contributed by atoms with Gasteiger partial charge in [-0.15, -0.1) is 0 Å². The summed E-state index contributed by atoms with van der Waals surface area (Å²) in [6, 6.07) is 24.6. The summed E-state index contributed by atoms with van der Waals surface area (Å²) in [5.74, 6) is -0.433. The zero-order valence-electron chi connectivity index (χ0n) is 15.6. The molecule has 0 bridgehead atoms. The van der Waals surface area contributed by atoms with Gasteiger partial charge < -0.3 is 10.2 Å². The van der Waals surface area contributed by atoms with E-state index >= 15 is 0 Å². The standard InChI is InChI=1S/C23H21ClN2O2/c1-26(16-17-7-13-21(24)14-8-17)22(27)15-25-23(28)20-11-9-19(10-12-20)18-5-3-2-4-6-18/h2-14H,15-16H2,1H3,(H,25,28). The van der Waals surface area contributed by atoms with Gasteiger partial charge in [0.2, 0.25) is 5.91 Å². The van der Waals surface area contributed by atoms with Crippen molar-refractivity contribution in [3.8, 4) is 11.1 Å². The first kappa shape index (κ1) is 19.6. The lowest BCUT2D eigenvalue weighted by molar-refractivity contribution is -0.129. The first-order valence-electron chi connectivity index (χ1n) is 8.95. The summed E-state index contributed by atoms with van der Waals surface area (Å²) in [6.07, 6.45) is 0. The largest absolute Gasteiger partial charge is 0.343 e. The van der Waals surface area contributed by atoms with E-state index in [-0.39, 0.29) is 18.4 Å². The number of nitrogens with zero attached hydrogens (tertiary/aromatic N) is 1. The summed E-state index contributed by atoms with van der Waals surface area (Å²) in [5, 5.41) is 3.34. The molecule has 0 unspecified atom stereocenters. The number of halogens is 1. The number of carbonyl (C=O) groups is 2. The maximum atomic E-state index is 12.3. The average molecular weight is 393 g/mol. The molecule has 2 amide bonds. The summed E-state index contributed by atoms with van der Waals surface area (Å²) in [5.41, 5.74) is 3.63. The average Bonchev–Trinajstić information content (AvgIpc) is 2.74. The molecule has 3 rings (SSSR count). The molecule has 0 aliphatic rings. The molecule has 0 fully saturated rings. The van der Waals surface area contributed by atoms with Crippen LogP contribution in [0.3, 0.4) is 0 Å². The van der Waals surface area contributed by atoms with Crippen molar-refractivity contribution in [2.75, 3.05) is 13.6 Å². The summed E-state index contributed by atoms with van der Waals surface area (Å²) in [4.78, 5) is 26.2. The van der Waals surface area contributed by atoms with Crippen LogP contribution in [0.1, 0.15) is 15.9 Å². The van der Waals surface area contributed by atoms with Crippen LogP contribution in [0.5, 0.6) is 0 Å². The first-order valence-corrected chi connectivity index (χ1v) is 9.33. The molecule has 0 saturated heterocycles. The maximum absolute atomic E-state index is 12.3. The van der Waals surface area contributed by atoms with Crippen LogP contribution < -0.4 is 5.32 Å². The Bertz CT molecular complexity index is 939. The molecule has 142 valence electrons. The maximum Gasteiger partial charge on any atom is 0.251 e. The zero-order valence-corrected chi connectivity index (χ0v) is 16.3. The van der Waals surface area contributed by atoms with Crippen molar-refractivity contribution >= 4 is 23.4 Å². The number of hydrogen-bond donors (Lipinski definition) is 1. The molecule has 3 aromatic carbocycles. The summed E-state index contributed by atoms with van der Waals surface area (Å²) in [6.45, 7) is 0.404. The van der Waals surface area contributed by atoms with E-state index in [0.717, 1.165) is 16.7 Å². The first-order chi connectivity index (χ1) is 13.5. The zero-order chi connectivity index (χ0) is 19.9. The number of nitrogens with one attached hydrogen (secondary N) is 1. The summed E-state index contributed by atoms with van der Waals surface area (Å²) < 4.78 is 0. The number of likely N-dealkylation sites (N-methyl/N-ethyl adjacent to an activating group) is 1. The van der Waals surface area contributed by atoms with Crippen LogP contribution in [0.25, 0.3) is 11.1 Å². The molecule has 0 spiro atoms. The second kappa shape index (κ2) is 9.20. The smallest absolute Gasteiger partial charge is 0.251 e. The van der Waals surface area contributed by atoms with Crippen LogP contribution in [0.2, 0.25) is 5.02 Å². The van der Waals surface area contributed by atoms with Crippen LogP contribution in [-0.2, 0) is 11.3 Å². The third-order valence-corrected chi connectivity index (χ3v) is 4.67. The third kappa shape index (κ3) is 5.21. The van der Waals surface area contributed by atoms with Gasteiger partial charge in [0.15, 0.2) is 0 Å². The van der Waals surface area contributed by atoms with Crippen LogP contribution in [-0.4, -0.2) is 30.3 Å². The van der Waals surface area contributed by atoms with Crippen molar-refractivity contribution in [1.29, 1.82) is 0 Å². The molecule has 0 radical (unpaired) electrons. The van der Waals surface area contributed by atoms with Crippen LogP contribution in [0.4, 0.5) is 0 Å². The van der Waals surface area contributed by atoms with Gasteiger partial charge in [0.25, 0.3) is 5.91 Å². The van der Waals surface area contributed by atoms with Crippen LogP contribution in [0, 0.1) is 0 Å². The Balaban J connectivity index is 1.53. The van der Waals surface area contributed by atoms with Gasteiger partial charge in [0.1, 0.15) is 0 Å². The Morgan fingerprint density at radius 3 is 2.11 bits per heavy atom. The summed E-state index contributed by atoms with van der Waals surface area (Å²) >= 11 is 5.87. The van der Waals surface area contributed by atoms with Gasteiger partial charge in [-0.05, 0) is 41.0 Å². The van der Waals surface area contributed by atoms with Gasteiger partial charge in [-0.1, -0.05) is 66.2 Å². The normalized spacial score (nSPS) is 10.4. The highest BCUT2D eigenvalue weighted by Gasteiger charge is 2.12. The van der Waals surface area contributed by atoms with Gasteiger partial charge >= 0.3 is 0 Å². The Morgan fingerprint density at radius 1 is 0.857 bits per heavy atom. The van der Waals surface area contributed by atoms with E-state index in [2.05, 4.69) is 5.32 Å². The number of carbonyl (C=O) groups excluding carboxylic acids is 2. The topological polar surface area (TPSA) is 49.4 Å². The molecule has 5 heteroatoms. The lowest BCUT2D eigenvalue weighted by Gasteiger charge is -2.17. The van der Waals surface area contributed by atoms with Crippen molar-refractivity contribution < 1.29 is 9.59 Å². The molecular weight excluding hydrogens is 372 g/mol. The Morgan fingerprint density at radius 2 is 1.46 bits per heavy atom. The van der Waals surface area contributed by atoms with Crippen molar-refractivity contribution in [2.45, 2.75) is 6.54 Å². The Labute approximate surface area is 169 Å². The number of benzene rings is 3. The van der Waals surface area contributed by atoms with E-state index in [1.54, 1.807) is 36.2 Å². The molecule has 0 aliphatic heterocycles. The van der Waals surface area contributed by atoms with Crippen LogP contribution in [0.15, 0.2) is 78.9 Å². The van der Waals surface area contributed by atoms with E-state index in [1.807, 2.05) is 54.6 Å². The van der Waals surface area contributed by atoms with Crippen molar-refractivity contribution in [3.63, 3.8) is 0 Å². The van der Waals surface area contributed by atoms with Crippen molar-refractivity contribution in [3.05, 3.63) is 95.0 Å². The van der Waals surface area contributed by atoms with Gasteiger partial charge in [-0.25, -0.2) is 0 Å². The Hall–Kier alpha value is -3.11. The minimum atomic E-state index is -0.271. The van der Waals surface area contributed by atoms with Crippen LogP contribution >= 0.6 is 11.6 Å². The summed E-state index contributed by atoms with van der Waals surface area (Å²) in [7, 11) is 1.71. The SMILES string of the molecule is CN(Cc1ccc(Cl)cc1)C(=O)CNC(=O)c1ccc(-c2ccccc2)cc1. The lowest BCUT2D eigenvalue weighted by atomic mass is 10.0. The quantitative estimate of drug-likeness (QED) is 0.676. The highest BCUT2D eigenvalue weighted by Crippen LogP contribution is 2.19. The van der Waals surface area contributed by atoms with Gasteiger partial charge in [-0.3, -0.25) is 9.59 Å². The molecule has 0 saturated carbocycles. The molecule has 0 heterocycles. The molecule has 4 nitrogen and oxygen atoms in total. The third-order valence-electron chi connectivity index (χ3n) is 4.41. The highest BCUT2D eigenvalue weighted by molar-refractivity contribution is 6.30. The fraction of sp³-hybridized carbons (Fsp3) is 0.130. The molecule has 3 aromatic rings. The minimum Gasteiger partial charge on any atom is -0.343 e. The molecule has 1 N–H and O–H groups in total. The van der Waals surface area contributed by atoms with E-state index in [1.165, 1.54) is 0 Å². The van der Waals surface area contributed by atoms with Gasteiger partial charge in [-0.2, -0.15) is 0 Å². The Kier molecular flexibility index (Phi) is 6.45. The fourth-order valence-electron chi connectivity index (χ4n) is 2.79. The molecule has 28 heavy (non-hydrogen) atoms. The van der Waals surface area contributed by atoms with Crippen molar-refractivity contribution in [1.82, 2.24) is 10.2 Å². The molecule has 0 atom stereocenters. The van der Waals surface area contributed by atoms with E-state index in [0.29, 0.717) is 17.1 Å². The van der Waals surface area contributed by atoms with E-state index in [9.17, 15) is 9.59 Å². The predicted octanol–water partition coefficient (Wildman–Crippen LogP) is 4.40. The number of amides is 2. The molecular formula is C23H21ClN2O2. The second-order valence-electron chi connectivity index (χ2n) is 6.50. The van der Waals surface area contributed by atoms with Gasteiger partial charge in [0.05, 0.1) is 6.54 Å². The molecule has 0 aromatic heterocycles. The number of hydrogen-bond acceptors (Lipinski definition) is 2. The lowest BCUT2D eigenvalue weighted by Crippen LogP contribution is -2.37. The van der Waals surface area contributed by atoms with Crippen molar-refractivity contribution in [2.24, 2.45) is 0 Å². The number of rotatable bonds is 6. The predicted molar refractivity (Wildman–Crippen MR) is 112 cm³/mol. The monoisotopic (exact) mass is 392 g/mol. The minimum absolute atomic E-state index is 0.0522. The van der Waals surface area contributed by atoms with E-state index < -0.39 is 0 Å². The fourth-order valence-corrected chi connectivity index (χ4v) is 2.92. The second-order valence-corrected chi connectivity index (χ2v) is 6.94. The van der Waals surface area contributed by atoms with E-state index in [4.69, 9.17) is 11.6 Å². The van der Waals surface area contributed by atoms with Gasteiger partial charge in [0, 0.05) is 24.2 Å². The molecule has 0 aliphatic carbocycles. The highest BCUT2D eigenvalue weighted by atomic mass is 35.5.